The van der Waals surface area contributed by atoms with Crippen LogP contribution < -0.4 is 23.5 Å². The smallest absolute Gasteiger partial charge is 0.302 e. The van der Waals surface area contributed by atoms with Gasteiger partial charge in [-0.3, -0.25) is 15.9 Å². The van der Waals surface area contributed by atoms with Crippen molar-refractivity contribution in [2.45, 2.75) is 19.8 Å². The molecule has 4 N–H and O–H groups in total. The van der Waals surface area contributed by atoms with E-state index in [4.69, 9.17) is 15.9 Å². The van der Waals surface area contributed by atoms with Crippen LogP contribution in [0.15, 0.2) is 0 Å². The minimum atomic E-state index is -0.229. The molecule has 0 amide bonds. The molecule has 6 heteroatoms. The molecule has 0 bridgehead atoms. The highest BCUT2D eigenvalue weighted by Crippen LogP contribution is 2.01. The van der Waals surface area contributed by atoms with Crippen molar-refractivity contribution < 1.29 is 27.3 Å². The van der Waals surface area contributed by atoms with Gasteiger partial charge < -0.3 is 17.1 Å². The zero-order valence-electron chi connectivity index (χ0n) is 7.59. The first kappa shape index (κ1) is 15.1. The molecule has 0 heterocycles. The normalized spacial score (nSPS) is 8.69. The van der Waals surface area contributed by atoms with Crippen molar-refractivity contribution in [1.29, 1.82) is 0 Å². The lowest BCUT2D eigenvalue weighted by molar-refractivity contribution is -0.141. The van der Waals surface area contributed by atoms with Crippen LogP contribution in [0.1, 0.15) is 19.8 Å². The van der Waals surface area contributed by atoms with Crippen LogP contribution in [0.2, 0.25) is 0 Å². The second-order valence-electron chi connectivity index (χ2n) is 2.30. The Hall–Kier alpha value is -0.420. The molecule has 0 rings (SSSR count). The molecule has 0 aliphatic rings. The maximum absolute atomic E-state index is 10.3. The molecule has 4 nitrogen and oxygen atoms in total. The van der Waals surface area contributed by atoms with E-state index in [1.54, 1.807) is 0 Å². The summed E-state index contributed by atoms with van der Waals surface area (Å²) in [5, 5.41) is 5.62. The Morgan fingerprint density at radius 2 is 2.15 bits per heavy atom. The van der Waals surface area contributed by atoms with Crippen LogP contribution in [0.5, 0.6) is 0 Å². The minimum absolute atomic E-state index is 0. The van der Waals surface area contributed by atoms with E-state index in [0.717, 1.165) is 18.6 Å². The van der Waals surface area contributed by atoms with Gasteiger partial charge in [-0.05, 0) is 24.6 Å². The summed E-state index contributed by atoms with van der Waals surface area (Å²) in [7, 11) is 0. The van der Waals surface area contributed by atoms with Crippen molar-refractivity contribution in [3.63, 3.8) is 0 Å². The number of unbranched alkanes of at least 4 members (excludes halogenated alkanes) is 1. The first-order chi connectivity index (χ1) is 5.63. The first-order valence-corrected chi connectivity index (χ1v) is 4.75. The fourth-order valence-corrected chi connectivity index (χ4v) is 1.19. The van der Waals surface area contributed by atoms with Gasteiger partial charge in [0.05, 0.1) is 6.61 Å². The van der Waals surface area contributed by atoms with Crippen molar-refractivity contribution in [1.82, 2.24) is 0 Å². The van der Waals surface area contributed by atoms with Crippen LogP contribution in [0.4, 0.5) is 0 Å². The molecule has 0 spiro atoms. The monoisotopic (exact) mass is 226 g/mol. The average molecular weight is 227 g/mol. The third-order valence-corrected chi connectivity index (χ3v) is 1.94. The van der Waals surface area contributed by atoms with Crippen molar-refractivity contribution >= 4 is 22.9 Å². The molecule has 0 aromatic carbocycles. The molecule has 78 valence electrons. The Morgan fingerprint density at radius 1 is 1.54 bits per heavy atom. The van der Waals surface area contributed by atoms with Gasteiger partial charge in [-0.1, -0.05) is 0 Å². The molecule has 0 aliphatic carbocycles. The third kappa shape index (κ3) is 14.4. The lowest BCUT2D eigenvalue weighted by atomic mass is 10.4. The van der Waals surface area contributed by atoms with E-state index in [2.05, 4.69) is 0 Å². The Morgan fingerprint density at radius 3 is 2.62 bits per heavy atom. The fourth-order valence-electron chi connectivity index (χ4n) is 0.610. The van der Waals surface area contributed by atoms with Gasteiger partial charge in [0.15, 0.2) is 0 Å². The summed E-state index contributed by atoms with van der Waals surface area (Å²) >= 11 is 1.42. The summed E-state index contributed by atoms with van der Waals surface area (Å²) in [4.78, 5) is 10.3. The van der Waals surface area contributed by atoms with Crippen LogP contribution in [0.25, 0.3) is 0 Å². The molecule has 0 aromatic rings. The van der Waals surface area contributed by atoms with Crippen LogP contribution in [0.3, 0.4) is 0 Å². The van der Waals surface area contributed by atoms with Gasteiger partial charge in [-0.2, -0.15) is 0 Å². The fraction of sp³-hybridized carbons (Fsp3) is 0.714. The van der Waals surface area contributed by atoms with Gasteiger partial charge in [0, 0.05) is 12.7 Å². The highest BCUT2D eigenvalue weighted by atomic mass is 35.5. The van der Waals surface area contributed by atoms with Crippen molar-refractivity contribution in [2.75, 3.05) is 12.4 Å². The van der Waals surface area contributed by atoms with Crippen LogP contribution in [0, 0.1) is 0 Å². The second kappa shape index (κ2) is 9.67. The molecular formula is C7H15ClN2O2S. The van der Waals surface area contributed by atoms with E-state index in [1.807, 2.05) is 0 Å². The number of esters is 1. The number of halogens is 1. The highest BCUT2D eigenvalue weighted by Gasteiger charge is 1.96. The molecule has 13 heavy (non-hydrogen) atoms. The SMILES string of the molecule is CC(=O)OCCCCSC(N)=[NH2+].[Cl-]. The van der Waals surface area contributed by atoms with Gasteiger partial charge in [0.1, 0.15) is 0 Å². The van der Waals surface area contributed by atoms with Crippen molar-refractivity contribution in [3.8, 4) is 0 Å². The zero-order chi connectivity index (χ0) is 9.40. The maximum atomic E-state index is 10.3. The van der Waals surface area contributed by atoms with Crippen molar-refractivity contribution in [2.24, 2.45) is 5.73 Å². The molecule has 0 radical (unpaired) electrons. The number of hydrogen-bond donors (Lipinski definition) is 2. The third-order valence-electron chi connectivity index (χ3n) is 1.11. The first-order valence-electron chi connectivity index (χ1n) is 3.77. The summed E-state index contributed by atoms with van der Waals surface area (Å²) < 4.78 is 4.73. The number of ether oxygens (including phenoxy) is 1. The number of rotatable bonds is 5. The average Bonchev–Trinajstić information content (AvgIpc) is 1.95. The number of nitrogens with two attached hydrogens (primary N) is 2. The number of thioether (sulfide) groups is 1. The molecule has 0 atom stereocenters. The van der Waals surface area contributed by atoms with Gasteiger partial charge >= 0.3 is 5.97 Å². The summed E-state index contributed by atoms with van der Waals surface area (Å²) in [6.07, 6.45) is 1.82. The highest BCUT2D eigenvalue weighted by molar-refractivity contribution is 8.13. The molecule has 0 saturated heterocycles. The van der Waals surface area contributed by atoms with E-state index < -0.39 is 0 Å². The van der Waals surface area contributed by atoms with Crippen LogP contribution in [-0.2, 0) is 9.53 Å². The topological polar surface area (TPSA) is 77.9 Å². The molecule has 0 saturated carbocycles. The summed E-state index contributed by atoms with van der Waals surface area (Å²) in [6, 6.07) is 0. The number of carbonyl (C=O) groups is 1. The molecule has 0 aromatic heterocycles. The summed E-state index contributed by atoms with van der Waals surface area (Å²) in [6.45, 7) is 1.89. The number of hydrogen-bond acceptors (Lipinski definition) is 3. The number of carbonyl (C=O) groups excluding carboxylic acids is 1. The second-order valence-corrected chi connectivity index (χ2v) is 3.47. The van der Waals surface area contributed by atoms with E-state index >= 15 is 0 Å². The standard InChI is InChI=1S/C7H14N2O2S.ClH/c1-6(10)11-4-2-3-5-12-7(8)9;/h2-5H2,1H3,(H3,8,9);1H. The van der Waals surface area contributed by atoms with Crippen LogP contribution >= 0.6 is 11.8 Å². The van der Waals surface area contributed by atoms with Crippen LogP contribution in [-0.4, -0.2) is 23.5 Å². The molecule has 0 fully saturated rings. The van der Waals surface area contributed by atoms with Gasteiger partial charge in [0.2, 0.25) is 0 Å². The lowest BCUT2D eigenvalue weighted by Gasteiger charge is -1.99. The Bertz CT molecular complexity index is 149. The zero-order valence-corrected chi connectivity index (χ0v) is 9.16. The minimum Gasteiger partial charge on any atom is -1.00 e. The Kier molecular flexibility index (Phi) is 11.2. The predicted octanol–water partition coefficient (Wildman–Crippen LogP) is -3.86. The molecule has 0 unspecified atom stereocenters. The van der Waals surface area contributed by atoms with E-state index in [0.29, 0.717) is 11.8 Å². The Labute approximate surface area is 88.5 Å². The van der Waals surface area contributed by atoms with Crippen molar-refractivity contribution in [3.05, 3.63) is 0 Å². The lowest BCUT2D eigenvalue weighted by Crippen LogP contribution is -3.00. The van der Waals surface area contributed by atoms with E-state index in [-0.39, 0.29) is 18.4 Å². The van der Waals surface area contributed by atoms with E-state index in [1.165, 1.54) is 18.7 Å². The summed E-state index contributed by atoms with van der Waals surface area (Å²) in [5.41, 5.74) is 5.23. The van der Waals surface area contributed by atoms with Gasteiger partial charge in [-0.15, -0.1) is 0 Å². The summed E-state index contributed by atoms with van der Waals surface area (Å²) in [5.74, 6) is 0.649. The van der Waals surface area contributed by atoms with E-state index in [9.17, 15) is 4.79 Å². The largest absolute Gasteiger partial charge is 1.00 e. The van der Waals surface area contributed by atoms with Gasteiger partial charge in [-0.25, -0.2) is 0 Å². The quantitative estimate of drug-likeness (QED) is 0.218. The predicted molar refractivity (Wildman–Crippen MR) is 49.4 cm³/mol. The maximum Gasteiger partial charge on any atom is 0.302 e. The Balaban J connectivity index is 0. The van der Waals surface area contributed by atoms with Gasteiger partial charge in [0.25, 0.3) is 5.17 Å². The number of amidine groups is 1. The molecule has 0 aliphatic heterocycles. The molecular weight excluding hydrogens is 212 g/mol.